The normalized spacial score (nSPS) is 9.30. The minimum absolute atomic E-state index is 0.182. The third-order valence-corrected chi connectivity index (χ3v) is 1.05. The van der Waals surface area contributed by atoms with Crippen molar-refractivity contribution in [3.05, 3.63) is 22.6 Å². The van der Waals surface area contributed by atoms with Crippen LogP contribution in [0.15, 0.2) is 17.1 Å². The van der Waals surface area contributed by atoms with Crippen molar-refractivity contribution < 1.29 is 0 Å². The minimum Gasteiger partial charge on any atom is -0.384 e. The molecule has 0 unspecified atom stereocenters. The van der Waals surface area contributed by atoms with Crippen LogP contribution in [0.4, 0.5) is 5.69 Å². The monoisotopic (exact) mass is 139 g/mol. The van der Waals surface area contributed by atoms with Crippen molar-refractivity contribution in [2.45, 2.75) is 6.92 Å². The number of aromatic nitrogens is 2. The predicted molar refractivity (Wildman–Crippen MR) is 39.0 cm³/mol. The second kappa shape index (κ2) is 3.00. The standard InChI is InChI=1S/C6H9N3O/c1-2-7-5-3-6(10)9-8-4-5/h3-4H,2H2,1H3,(H2,7,9,10). The lowest BCUT2D eigenvalue weighted by molar-refractivity contribution is 0.984. The lowest BCUT2D eigenvalue weighted by Crippen LogP contribution is -2.08. The number of hydrogen-bond donors (Lipinski definition) is 2. The molecule has 54 valence electrons. The number of nitrogens with one attached hydrogen (secondary N) is 2. The van der Waals surface area contributed by atoms with Gasteiger partial charge in [-0.15, -0.1) is 0 Å². The van der Waals surface area contributed by atoms with Gasteiger partial charge in [-0.3, -0.25) is 4.79 Å². The van der Waals surface area contributed by atoms with Crippen molar-refractivity contribution in [3.8, 4) is 0 Å². The van der Waals surface area contributed by atoms with Gasteiger partial charge in [-0.1, -0.05) is 0 Å². The van der Waals surface area contributed by atoms with Gasteiger partial charge >= 0.3 is 0 Å². The average Bonchev–Trinajstić information content (AvgIpc) is 1.88. The summed E-state index contributed by atoms with van der Waals surface area (Å²) in [6, 6.07) is 1.47. The first-order valence-corrected chi connectivity index (χ1v) is 3.11. The Morgan fingerprint density at radius 3 is 3.20 bits per heavy atom. The summed E-state index contributed by atoms with van der Waals surface area (Å²) >= 11 is 0. The predicted octanol–water partition coefficient (Wildman–Crippen LogP) is 0.202. The van der Waals surface area contributed by atoms with Gasteiger partial charge in [-0.25, -0.2) is 5.10 Å². The Bertz CT molecular complexity index is 255. The first-order chi connectivity index (χ1) is 4.83. The minimum atomic E-state index is -0.182. The van der Waals surface area contributed by atoms with Gasteiger partial charge in [0.2, 0.25) is 0 Å². The zero-order valence-electron chi connectivity index (χ0n) is 5.72. The van der Waals surface area contributed by atoms with Crippen LogP contribution in [0, 0.1) is 0 Å². The lowest BCUT2D eigenvalue weighted by atomic mass is 10.4. The summed E-state index contributed by atoms with van der Waals surface area (Å²) in [5.74, 6) is 0. The van der Waals surface area contributed by atoms with Crippen molar-refractivity contribution in [2.75, 3.05) is 11.9 Å². The van der Waals surface area contributed by atoms with Crippen molar-refractivity contribution in [1.82, 2.24) is 10.2 Å². The molecular weight excluding hydrogens is 130 g/mol. The number of nitrogens with zero attached hydrogens (tertiary/aromatic N) is 1. The van der Waals surface area contributed by atoms with Gasteiger partial charge in [0.15, 0.2) is 0 Å². The van der Waals surface area contributed by atoms with Crippen LogP contribution in [0.2, 0.25) is 0 Å². The molecule has 2 N–H and O–H groups in total. The smallest absolute Gasteiger partial charge is 0.266 e. The number of hydrogen-bond acceptors (Lipinski definition) is 3. The van der Waals surface area contributed by atoms with Gasteiger partial charge < -0.3 is 5.32 Å². The van der Waals surface area contributed by atoms with Crippen molar-refractivity contribution in [3.63, 3.8) is 0 Å². The third-order valence-electron chi connectivity index (χ3n) is 1.05. The van der Waals surface area contributed by atoms with Crippen LogP contribution in [-0.2, 0) is 0 Å². The van der Waals surface area contributed by atoms with E-state index in [2.05, 4.69) is 15.5 Å². The highest BCUT2D eigenvalue weighted by atomic mass is 16.1. The Labute approximate surface area is 58.3 Å². The molecule has 0 saturated heterocycles. The molecule has 1 aromatic heterocycles. The molecular formula is C6H9N3O. The summed E-state index contributed by atoms with van der Waals surface area (Å²) < 4.78 is 0. The van der Waals surface area contributed by atoms with Crippen molar-refractivity contribution in [2.24, 2.45) is 0 Å². The van der Waals surface area contributed by atoms with Gasteiger partial charge in [0.25, 0.3) is 5.56 Å². The van der Waals surface area contributed by atoms with Crippen LogP contribution in [0.25, 0.3) is 0 Å². The molecule has 0 aliphatic carbocycles. The van der Waals surface area contributed by atoms with E-state index in [1.807, 2.05) is 6.92 Å². The van der Waals surface area contributed by atoms with Crippen LogP contribution < -0.4 is 10.9 Å². The fourth-order valence-corrected chi connectivity index (χ4v) is 0.677. The topological polar surface area (TPSA) is 57.8 Å². The molecule has 1 rings (SSSR count). The maximum Gasteiger partial charge on any atom is 0.266 e. The molecule has 0 saturated carbocycles. The molecule has 0 fully saturated rings. The molecule has 10 heavy (non-hydrogen) atoms. The van der Waals surface area contributed by atoms with E-state index in [9.17, 15) is 4.79 Å². The number of H-pyrrole nitrogens is 1. The largest absolute Gasteiger partial charge is 0.384 e. The van der Waals surface area contributed by atoms with Crippen LogP contribution >= 0.6 is 0 Å². The van der Waals surface area contributed by atoms with E-state index in [1.165, 1.54) is 6.07 Å². The van der Waals surface area contributed by atoms with E-state index < -0.39 is 0 Å². The molecule has 0 aromatic carbocycles. The van der Waals surface area contributed by atoms with Gasteiger partial charge in [0.05, 0.1) is 11.9 Å². The van der Waals surface area contributed by atoms with E-state index in [-0.39, 0.29) is 5.56 Å². The summed E-state index contributed by atoms with van der Waals surface area (Å²) in [6.07, 6.45) is 1.57. The summed E-state index contributed by atoms with van der Waals surface area (Å²) in [6.45, 7) is 2.76. The Balaban J connectivity index is 2.85. The molecule has 1 aromatic rings. The van der Waals surface area contributed by atoms with E-state index in [4.69, 9.17) is 0 Å². The second-order valence-electron chi connectivity index (χ2n) is 1.86. The quantitative estimate of drug-likeness (QED) is 0.615. The molecule has 0 radical (unpaired) electrons. The first kappa shape index (κ1) is 6.80. The average molecular weight is 139 g/mol. The van der Waals surface area contributed by atoms with E-state index in [1.54, 1.807) is 6.20 Å². The Morgan fingerprint density at radius 2 is 2.60 bits per heavy atom. The van der Waals surface area contributed by atoms with E-state index >= 15 is 0 Å². The Kier molecular flexibility index (Phi) is 2.04. The fourth-order valence-electron chi connectivity index (χ4n) is 0.677. The zero-order valence-corrected chi connectivity index (χ0v) is 5.72. The van der Waals surface area contributed by atoms with Gasteiger partial charge in [0.1, 0.15) is 0 Å². The van der Waals surface area contributed by atoms with Crippen LogP contribution in [0.1, 0.15) is 6.92 Å². The molecule has 4 heteroatoms. The number of rotatable bonds is 2. The molecule has 4 nitrogen and oxygen atoms in total. The molecule has 0 spiro atoms. The van der Waals surface area contributed by atoms with Crippen molar-refractivity contribution in [1.29, 1.82) is 0 Å². The van der Waals surface area contributed by atoms with Gasteiger partial charge in [-0.05, 0) is 6.92 Å². The van der Waals surface area contributed by atoms with E-state index in [0.29, 0.717) is 0 Å². The fraction of sp³-hybridized carbons (Fsp3) is 0.333. The highest BCUT2D eigenvalue weighted by Gasteiger charge is 1.88. The molecule has 0 aliphatic rings. The summed E-state index contributed by atoms with van der Waals surface area (Å²) in [5.41, 5.74) is 0.574. The van der Waals surface area contributed by atoms with Crippen LogP contribution in [0.5, 0.6) is 0 Å². The van der Waals surface area contributed by atoms with E-state index in [0.717, 1.165) is 12.2 Å². The second-order valence-corrected chi connectivity index (χ2v) is 1.86. The maximum absolute atomic E-state index is 10.6. The number of aromatic amines is 1. The molecule has 0 atom stereocenters. The van der Waals surface area contributed by atoms with Gasteiger partial charge in [-0.2, -0.15) is 5.10 Å². The summed E-state index contributed by atoms with van der Waals surface area (Å²) in [4.78, 5) is 10.6. The van der Waals surface area contributed by atoms with Crippen LogP contribution in [0.3, 0.4) is 0 Å². The third kappa shape index (κ3) is 1.58. The van der Waals surface area contributed by atoms with Crippen molar-refractivity contribution >= 4 is 5.69 Å². The Hall–Kier alpha value is -1.32. The maximum atomic E-state index is 10.6. The highest BCUT2D eigenvalue weighted by molar-refractivity contribution is 5.38. The molecule has 1 heterocycles. The number of anilines is 1. The van der Waals surface area contributed by atoms with Crippen LogP contribution in [-0.4, -0.2) is 16.7 Å². The molecule has 0 aliphatic heterocycles. The molecule has 0 amide bonds. The summed E-state index contributed by atoms with van der Waals surface area (Å²) in [5, 5.41) is 8.85. The lowest BCUT2D eigenvalue weighted by Gasteiger charge is -1.97. The van der Waals surface area contributed by atoms with Gasteiger partial charge in [0, 0.05) is 12.6 Å². The molecule has 0 bridgehead atoms. The zero-order chi connectivity index (χ0) is 7.40. The Morgan fingerprint density at radius 1 is 1.80 bits per heavy atom. The summed E-state index contributed by atoms with van der Waals surface area (Å²) in [7, 11) is 0. The first-order valence-electron chi connectivity index (χ1n) is 3.11. The SMILES string of the molecule is CCNc1cn[nH]c(=O)c1. The highest BCUT2D eigenvalue weighted by Crippen LogP contribution is 1.95.